The van der Waals surface area contributed by atoms with E-state index in [1.54, 1.807) is 11.3 Å². The maximum absolute atomic E-state index is 13.0. The molecule has 2 N–H and O–H groups in total. The summed E-state index contributed by atoms with van der Waals surface area (Å²) in [6.07, 6.45) is 9.83. The number of nitrogens with one attached hydrogen (secondary N) is 1. The fourth-order valence-electron chi connectivity index (χ4n) is 9.51. The number of pyridine rings is 1. The summed E-state index contributed by atoms with van der Waals surface area (Å²) in [5.74, 6) is 2.13. The number of rotatable bonds is 11. The Morgan fingerprint density at radius 1 is 1.08 bits per heavy atom. The summed E-state index contributed by atoms with van der Waals surface area (Å²) in [5.41, 5.74) is 6.83. The van der Waals surface area contributed by atoms with Crippen molar-refractivity contribution in [3.63, 3.8) is 0 Å². The first-order valence-electron chi connectivity index (χ1n) is 19.1. The molecule has 0 bridgehead atoms. The molecule has 1 spiro atoms. The predicted molar refractivity (Wildman–Crippen MR) is 213 cm³/mol. The lowest BCUT2D eigenvalue weighted by molar-refractivity contribution is -0.144. The number of aliphatic carboxylic acids is 1. The van der Waals surface area contributed by atoms with E-state index in [2.05, 4.69) is 53.4 Å². The van der Waals surface area contributed by atoms with Gasteiger partial charge in [-0.15, -0.1) is 11.3 Å². The number of carbonyl (C=O) groups is 1. The van der Waals surface area contributed by atoms with Crippen molar-refractivity contribution in [2.45, 2.75) is 102 Å². The van der Waals surface area contributed by atoms with Crippen molar-refractivity contribution in [2.24, 2.45) is 11.8 Å². The molecule has 1 fully saturated rings. The second-order valence-electron chi connectivity index (χ2n) is 15.8. The molecule has 9 heteroatoms. The highest BCUT2D eigenvalue weighted by atomic mass is 35.5. The Labute approximate surface area is 321 Å². The highest BCUT2D eigenvalue weighted by Crippen LogP contribution is 2.56. The number of benzene rings is 3. The van der Waals surface area contributed by atoms with Gasteiger partial charge in [0.1, 0.15) is 23.6 Å². The number of anilines is 1. The summed E-state index contributed by atoms with van der Waals surface area (Å²) in [4.78, 5) is 22.4. The van der Waals surface area contributed by atoms with Crippen LogP contribution in [0, 0.1) is 18.8 Å². The van der Waals surface area contributed by atoms with E-state index in [0.717, 1.165) is 70.1 Å². The zero-order valence-corrected chi connectivity index (χ0v) is 32.4. The lowest BCUT2D eigenvalue weighted by Crippen LogP contribution is -2.53. The van der Waals surface area contributed by atoms with Crippen LogP contribution in [0.3, 0.4) is 0 Å². The van der Waals surface area contributed by atoms with Gasteiger partial charge in [0.15, 0.2) is 0 Å². The van der Waals surface area contributed by atoms with Crippen LogP contribution < -0.4 is 14.8 Å². The van der Waals surface area contributed by atoms with E-state index in [4.69, 9.17) is 21.1 Å². The van der Waals surface area contributed by atoms with Gasteiger partial charge in [-0.2, -0.15) is 0 Å². The summed E-state index contributed by atoms with van der Waals surface area (Å²) < 4.78 is 14.1. The number of aromatic nitrogens is 2. The van der Waals surface area contributed by atoms with Gasteiger partial charge >= 0.3 is 5.97 Å². The number of ether oxygens (including phenoxy) is 2. The van der Waals surface area contributed by atoms with Crippen molar-refractivity contribution in [1.82, 2.24) is 9.97 Å². The van der Waals surface area contributed by atoms with E-state index in [-0.39, 0.29) is 5.41 Å². The van der Waals surface area contributed by atoms with Gasteiger partial charge in [-0.1, -0.05) is 49.7 Å². The number of thiazole rings is 1. The van der Waals surface area contributed by atoms with Gasteiger partial charge in [-0.05, 0) is 141 Å². The molecule has 276 valence electrons. The Morgan fingerprint density at radius 3 is 2.74 bits per heavy atom. The molecule has 8 rings (SSSR count). The van der Waals surface area contributed by atoms with Crippen LogP contribution in [-0.4, -0.2) is 33.2 Å². The average Bonchev–Trinajstić information content (AvgIpc) is 3.66. The molecule has 2 aromatic heterocycles. The quantitative estimate of drug-likeness (QED) is 0.139. The first-order valence-corrected chi connectivity index (χ1v) is 20.3. The molecule has 0 amide bonds. The molecule has 2 heterocycles. The molecule has 0 radical (unpaired) electrons. The molecule has 1 saturated carbocycles. The number of carboxylic acids is 1. The lowest BCUT2D eigenvalue weighted by Gasteiger charge is -2.47. The molecule has 53 heavy (non-hydrogen) atoms. The monoisotopic (exact) mass is 749 g/mol. The largest absolute Gasteiger partial charge is 0.493 e. The van der Waals surface area contributed by atoms with Crippen molar-refractivity contribution in [1.29, 1.82) is 0 Å². The number of nitrogens with zero attached hydrogens (tertiary/aromatic N) is 2. The summed E-state index contributed by atoms with van der Waals surface area (Å²) >= 11 is 8.00. The molecule has 0 saturated heterocycles. The Hall–Kier alpha value is -4.14. The molecule has 7 nitrogen and oxygen atoms in total. The van der Waals surface area contributed by atoms with E-state index in [1.165, 1.54) is 35.2 Å². The third-order valence-electron chi connectivity index (χ3n) is 12.2. The molecular weight excluding hydrogens is 702 g/mol. The topological polar surface area (TPSA) is 93.6 Å². The van der Waals surface area contributed by atoms with E-state index in [0.29, 0.717) is 48.8 Å². The van der Waals surface area contributed by atoms with E-state index in [1.807, 2.05) is 55.6 Å². The van der Waals surface area contributed by atoms with Crippen LogP contribution in [-0.2, 0) is 29.7 Å². The average molecular weight is 750 g/mol. The van der Waals surface area contributed by atoms with E-state index in [9.17, 15) is 9.90 Å². The summed E-state index contributed by atoms with van der Waals surface area (Å²) in [7, 11) is 0. The minimum absolute atomic E-state index is 0.143. The van der Waals surface area contributed by atoms with Gasteiger partial charge in [0, 0.05) is 34.2 Å². The van der Waals surface area contributed by atoms with E-state index >= 15 is 0 Å². The van der Waals surface area contributed by atoms with Crippen molar-refractivity contribution >= 4 is 44.8 Å². The normalized spacial score (nSPS) is 24.1. The van der Waals surface area contributed by atoms with Crippen molar-refractivity contribution in [3.05, 3.63) is 111 Å². The maximum atomic E-state index is 13.0. The van der Waals surface area contributed by atoms with Crippen LogP contribution >= 0.6 is 22.9 Å². The zero-order chi connectivity index (χ0) is 36.7. The van der Waals surface area contributed by atoms with Crippen molar-refractivity contribution in [3.8, 4) is 11.5 Å². The molecule has 0 aliphatic heterocycles. The second kappa shape index (κ2) is 14.6. The van der Waals surface area contributed by atoms with Gasteiger partial charge in [0.25, 0.3) is 0 Å². The molecule has 1 unspecified atom stereocenters. The smallest absolute Gasteiger partial charge is 0.329 e. The number of halogens is 1. The van der Waals surface area contributed by atoms with Crippen LogP contribution in [0.4, 0.5) is 5.69 Å². The molecule has 3 aliphatic rings. The van der Waals surface area contributed by atoms with Gasteiger partial charge in [-0.3, -0.25) is 4.98 Å². The molecule has 3 atom stereocenters. The fourth-order valence-corrected chi connectivity index (χ4v) is 10.5. The van der Waals surface area contributed by atoms with Crippen LogP contribution in [0.15, 0.2) is 72.9 Å². The van der Waals surface area contributed by atoms with Crippen molar-refractivity contribution < 1.29 is 19.4 Å². The Morgan fingerprint density at radius 2 is 1.92 bits per heavy atom. The fraction of sp³-hybridized carbons (Fsp3) is 0.432. The van der Waals surface area contributed by atoms with Crippen LogP contribution in [0.2, 0.25) is 5.02 Å². The second-order valence-corrected chi connectivity index (χ2v) is 17.5. The first-order chi connectivity index (χ1) is 25.6. The Bertz CT molecular complexity index is 2140. The third kappa shape index (κ3) is 7.12. The van der Waals surface area contributed by atoms with Crippen LogP contribution in [0.1, 0.15) is 97.7 Å². The van der Waals surface area contributed by atoms with Gasteiger partial charge in [-0.25, -0.2) is 9.78 Å². The highest BCUT2D eigenvalue weighted by Gasteiger charge is 2.54. The first kappa shape index (κ1) is 35.9. The number of hydrogen-bond donors (Lipinski definition) is 2. The van der Waals surface area contributed by atoms with Gasteiger partial charge < -0.3 is 19.9 Å². The minimum atomic E-state index is -1.07. The number of aryl methyl sites for hydroxylation is 2. The molecule has 3 aromatic carbocycles. The standard InChI is InChI=1S/C44H48ClN3O4S/c1-27(25-52-39-14-19-46-37-9-4-6-28(2)41(37)39)20-32-22-31-11-10-30(26-51-35-12-13-40-38(24-35)47-29(3)53-40)21-36(31)43(32)15-17-44(18-16-43,42(49)50)48-34-8-5-7-33(45)23-34/h5,7-8,10-14,19,21,23-24,27-28,32,48H,4,6,9,15-18,20,22,25-26H2,1-3H3,(H,49,50)/t27-,28-,32?,43?,44?/m1/s1. The number of fused-ring (bicyclic) bond motifs is 4. The summed E-state index contributed by atoms with van der Waals surface area (Å²) in [5, 5.41) is 15.7. The minimum Gasteiger partial charge on any atom is -0.493 e. The van der Waals surface area contributed by atoms with Crippen LogP contribution in [0.5, 0.6) is 11.5 Å². The predicted octanol–water partition coefficient (Wildman–Crippen LogP) is 10.7. The Balaban J connectivity index is 1.04. The SMILES string of the molecule is Cc1nc2cc(OCc3ccc4c(c3)C3(CCC(Nc5cccc(Cl)c5)(C(=O)O)CC3)C(C[C@@H](C)COc3ccnc5c3[C@H](C)CCC5)C4)ccc2s1. The number of carboxylic acid groups (broad SMARTS) is 1. The molecular formula is C44H48ClN3O4S. The lowest BCUT2D eigenvalue weighted by atomic mass is 9.59. The zero-order valence-electron chi connectivity index (χ0n) is 30.8. The summed E-state index contributed by atoms with van der Waals surface area (Å²) in [6.45, 7) is 7.72. The van der Waals surface area contributed by atoms with Crippen LogP contribution in [0.25, 0.3) is 10.2 Å². The molecule has 5 aromatic rings. The summed E-state index contributed by atoms with van der Waals surface area (Å²) in [6, 6.07) is 22.4. The number of hydrogen-bond acceptors (Lipinski definition) is 7. The van der Waals surface area contributed by atoms with Gasteiger partial charge in [0.05, 0.1) is 21.8 Å². The van der Waals surface area contributed by atoms with Crippen molar-refractivity contribution in [2.75, 3.05) is 11.9 Å². The third-order valence-corrected chi connectivity index (χ3v) is 13.4. The Kier molecular flexibility index (Phi) is 9.88. The highest BCUT2D eigenvalue weighted by molar-refractivity contribution is 7.18. The molecule has 3 aliphatic carbocycles. The maximum Gasteiger partial charge on any atom is 0.329 e. The van der Waals surface area contributed by atoms with E-state index < -0.39 is 11.5 Å². The van der Waals surface area contributed by atoms with Gasteiger partial charge in [0.2, 0.25) is 0 Å².